The number of halogens is 1. The van der Waals surface area contributed by atoms with E-state index < -0.39 is 4.92 Å². The van der Waals surface area contributed by atoms with Crippen molar-refractivity contribution in [1.82, 2.24) is 4.90 Å². The second-order valence-electron chi connectivity index (χ2n) is 5.78. The van der Waals surface area contributed by atoms with Crippen LogP contribution in [-0.2, 0) is 11.3 Å². The van der Waals surface area contributed by atoms with E-state index in [0.717, 1.165) is 14.8 Å². The van der Waals surface area contributed by atoms with Gasteiger partial charge in [0.15, 0.2) is 0 Å². The van der Waals surface area contributed by atoms with Crippen LogP contribution in [0.5, 0.6) is 0 Å². The first kappa shape index (κ1) is 20.1. The molecule has 1 amide bonds. The predicted molar refractivity (Wildman–Crippen MR) is 106 cm³/mol. The zero-order chi connectivity index (χ0) is 19.1. The Labute approximate surface area is 161 Å². The molecule has 1 aromatic heterocycles. The molecular formula is C18H20ClN3O3S. The minimum atomic E-state index is -0.479. The number of hydrogen-bond acceptors (Lipinski definition) is 5. The number of aryl methyl sites for hydroxylation is 1. The van der Waals surface area contributed by atoms with Crippen LogP contribution in [0, 0.1) is 17.0 Å². The monoisotopic (exact) mass is 393 g/mol. The molecule has 0 saturated heterocycles. The number of nitro groups is 1. The van der Waals surface area contributed by atoms with Crippen molar-refractivity contribution in [2.24, 2.45) is 0 Å². The fourth-order valence-electron chi connectivity index (χ4n) is 2.41. The number of nitrogens with zero attached hydrogens (tertiary/aromatic N) is 2. The topological polar surface area (TPSA) is 75.5 Å². The van der Waals surface area contributed by atoms with Gasteiger partial charge in [0.2, 0.25) is 5.91 Å². The average Bonchev–Trinajstić information content (AvgIpc) is 2.99. The summed E-state index contributed by atoms with van der Waals surface area (Å²) in [5.74, 6) is -0.188. The van der Waals surface area contributed by atoms with Crippen LogP contribution in [0.15, 0.2) is 43.0 Å². The minimum absolute atomic E-state index is 0.0474. The van der Waals surface area contributed by atoms with Gasteiger partial charge in [0.25, 0.3) is 5.69 Å². The van der Waals surface area contributed by atoms with Crippen LogP contribution in [0.3, 0.4) is 0 Å². The fraction of sp³-hybridized carbons (Fsp3) is 0.278. The van der Waals surface area contributed by atoms with Crippen LogP contribution in [-0.4, -0.2) is 28.8 Å². The maximum Gasteiger partial charge on any atom is 0.271 e. The Kier molecular flexibility index (Phi) is 7.32. The third kappa shape index (κ3) is 5.94. The third-order valence-corrected chi connectivity index (χ3v) is 4.97. The molecule has 26 heavy (non-hydrogen) atoms. The molecule has 0 bridgehead atoms. The fourth-order valence-corrected chi connectivity index (χ4v) is 3.54. The van der Waals surface area contributed by atoms with Gasteiger partial charge in [-0.15, -0.1) is 17.9 Å². The van der Waals surface area contributed by atoms with E-state index in [2.05, 4.69) is 16.8 Å². The number of anilines is 1. The molecule has 1 aromatic carbocycles. The van der Waals surface area contributed by atoms with Gasteiger partial charge in [-0.3, -0.25) is 19.8 Å². The normalized spacial score (nSPS) is 10.7. The lowest BCUT2D eigenvalue weighted by Gasteiger charge is -2.19. The summed E-state index contributed by atoms with van der Waals surface area (Å²) in [4.78, 5) is 25.9. The van der Waals surface area contributed by atoms with Gasteiger partial charge in [0.05, 0.1) is 14.9 Å². The van der Waals surface area contributed by atoms with E-state index in [9.17, 15) is 14.9 Å². The van der Waals surface area contributed by atoms with Gasteiger partial charge >= 0.3 is 0 Å². The highest BCUT2D eigenvalue weighted by Gasteiger charge is 2.13. The van der Waals surface area contributed by atoms with Crippen LogP contribution < -0.4 is 5.32 Å². The van der Waals surface area contributed by atoms with E-state index >= 15 is 0 Å². The third-order valence-electron chi connectivity index (χ3n) is 3.76. The molecule has 0 fully saturated rings. The Morgan fingerprint density at radius 1 is 1.42 bits per heavy atom. The van der Waals surface area contributed by atoms with Crippen molar-refractivity contribution in [3.05, 3.63) is 67.9 Å². The number of carbonyl (C=O) groups is 1. The van der Waals surface area contributed by atoms with Gasteiger partial charge in [-0.1, -0.05) is 23.7 Å². The highest BCUT2D eigenvalue weighted by molar-refractivity contribution is 7.16. The first-order valence-corrected chi connectivity index (χ1v) is 9.21. The van der Waals surface area contributed by atoms with Crippen molar-refractivity contribution in [2.45, 2.75) is 19.9 Å². The van der Waals surface area contributed by atoms with E-state index in [0.29, 0.717) is 25.3 Å². The van der Waals surface area contributed by atoms with Gasteiger partial charge < -0.3 is 5.32 Å². The molecule has 0 saturated carbocycles. The van der Waals surface area contributed by atoms with E-state index in [1.165, 1.54) is 23.5 Å². The molecule has 6 nitrogen and oxygen atoms in total. The first-order chi connectivity index (χ1) is 12.4. The number of nitro benzene ring substituents is 1. The lowest BCUT2D eigenvalue weighted by molar-refractivity contribution is -0.384. The van der Waals surface area contributed by atoms with Gasteiger partial charge in [0, 0.05) is 43.1 Å². The molecule has 1 heterocycles. The second-order valence-corrected chi connectivity index (χ2v) is 7.58. The van der Waals surface area contributed by atoms with Crippen molar-refractivity contribution in [1.29, 1.82) is 0 Å². The number of amides is 1. The molecule has 0 aliphatic heterocycles. The summed E-state index contributed by atoms with van der Waals surface area (Å²) in [5, 5.41) is 13.6. The molecule has 0 atom stereocenters. The number of nitrogens with one attached hydrogen (secondary N) is 1. The number of non-ortho nitro benzene ring substituents is 1. The minimum Gasteiger partial charge on any atom is -0.326 e. The van der Waals surface area contributed by atoms with E-state index in [1.54, 1.807) is 19.1 Å². The molecular weight excluding hydrogens is 374 g/mol. The zero-order valence-corrected chi connectivity index (χ0v) is 16.0. The summed E-state index contributed by atoms with van der Waals surface area (Å²) >= 11 is 7.47. The standard InChI is InChI=1S/C18H20ClN3O3S/c1-3-9-21(12-15-6-7-17(19)26-15)10-8-18(23)20-16-11-14(22(24)25)5-4-13(16)2/h3-7,11H,1,8-10,12H2,2H3,(H,20,23). The first-order valence-electron chi connectivity index (χ1n) is 8.01. The molecule has 2 aromatic rings. The average molecular weight is 394 g/mol. The van der Waals surface area contributed by atoms with Crippen LogP contribution >= 0.6 is 22.9 Å². The Bertz CT molecular complexity index is 807. The van der Waals surface area contributed by atoms with Gasteiger partial charge in [-0.05, 0) is 24.6 Å². The Hall–Kier alpha value is -2.22. The van der Waals surface area contributed by atoms with Gasteiger partial charge in [-0.25, -0.2) is 0 Å². The summed E-state index contributed by atoms with van der Waals surface area (Å²) < 4.78 is 0.734. The van der Waals surface area contributed by atoms with Crippen molar-refractivity contribution in [3.8, 4) is 0 Å². The smallest absolute Gasteiger partial charge is 0.271 e. The lowest BCUT2D eigenvalue weighted by atomic mass is 10.1. The van der Waals surface area contributed by atoms with Crippen molar-refractivity contribution in [3.63, 3.8) is 0 Å². The zero-order valence-electron chi connectivity index (χ0n) is 14.4. The summed E-state index contributed by atoms with van der Waals surface area (Å²) in [5.41, 5.74) is 1.19. The molecule has 8 heteroatoms. The largest absolute Gasteiger partial charge is 0.326 e. The molecule has 1 N–H and O–H groups in total. The SMILES string of the molecule is C=CCN(CCC(=O)Nc1cc([N+](=O)[O-])ccc1C)Cc1ccc(Cl)s1. The Morgan fingerprint density at radius 2 is 2.19 bits per heavy atom. The van der Waals surface area contributed by atoms with Crippen LogP contribution in [0.1, 0.15) is 16.9 Å². The van der Waals surface area contributed by atoms with E-state index in [4.69, 9.17) is 11.6 Å². The molecule has 0 aliphatic carbocycles. The second kappa shape index (κ2) is 9.47. The summed E-state index contributed by atoms with van der Waals surface area (Å²) in [7, 11) is 0. The maximum absolute atomic E-state index is 12.3. The highest BCUT2D eigenvalue weighted by Crippen LogP contribution is 2.23. The van der Waals surface area contributed by atoms with Gasteiger partial charge in [-0.2, -0.15) is 0 Å². The van der Waals surface area contributed by atoms with Crippen LogP contribution in [0.4, 0.5) is 11.4 Å². The van der Waals surface area contributed by atoms with E-state index in [1.807, 2.05) is 12.1 Å². The van der Waals surface area contributed by atoms with Crippen LogP contribution in [0.2, 0.25) is 4.34 Å². The number of rotatable bonds is 9. The van der Waals surface area contributed by atoms with Crippen molar-refractivity contribution < 1.29 is 9.72 Å². The molecule has 2 rings (SSSR count). The lowest BCUT2D eigenvalue weighted by Crippen LogP contribution is -2.27. The summed E-state index contributed by atoms with van der Waals surface area (Å²) in [6, 6.07) is 8.24. The molecule has 0 spiro atoms. The molecule has 0 radical (unpaired) electrons. The number of carbonyl (C=O) groups excluding carboxylic acids is 1. The number of hydrogen-bond donors (Lipinski definition) is 1. The predicted octanol–water partition coefficient (Wildman–Crippen LogP) is 4.63. The van der Waals surface area contributed by atoms with Gasteiger partial charge in [0.1, 0.15) is 0 Å². The van der Waals surface area contributed by atoms with E-state index in [-0.39, 0.29) is 18.0 Å². The quantitative estimate of drug-likeness (QED) is 0.382. The summed E-state index contributed by atoms with van der Waals surface area (Å²) in [6.45, 7) is 7.43. The van der Waals surface area contributed by atoms with Crippen molar-refractivity contribution in [2.75, 3.05) is 18.4 Å². The highest BCUT2D eigenvalue weighted by atomic mass is 35.5. The van der Waals surface area contributed by atoms with Crippen LogP contribution in [0.25, 0.3) is 0 Å². The number of thiophene rings is 1. The Balaban J connectivity index is 1.94. The molecule has 0 unspecified atom stereocenters. The molecule has 138 valence electrons. The number of benzene rings is 1. The Morgan fingerprint density at radius 3 is 2.81 bits per heavy atom. The maximum atomic E-state index is 12.3. The summed E-state index contributed by atoms with van der Waals surface area (Å²) in [6.07, 6.45) is 2.06. The molecule has 0 aliphatic rings. The van der Waals surface area contributed by atoms with Crippen molar-refractivity contribution >= 4 is 40.2 Å².